The zero-order valence-electron chi connectivity index (χ0n) is 37.4. The number of carbonyl (C=O) groups is 3. The summed E-state index contributed by atoms with van der Waals surface area (Å²) in [7, 11) is 0. The van der Waals surface area contributed by atoms with E-state index in [0.717, 1.165) is 63.7 Å². The zero-order valence-corrected chi connectivity index (χ0v) is 37.4. The van der Waals surface area contributed by atoms with Gasteiger partial charge in [-0.3, -0.25) is 14.4 Å². The van der Waals surface area contributed by atoms with Crippen LogP contribution in [0.3, 0.4) is 0 Å². The van der Waals surface area contributed by atoms with Gasteiger partial charge in [-0.15, -0.1) is 0 Å². The molecule has 1 unspecified atom stereocenters. The molecule has 0 aliphatic carbocycles. The molecule has 0 amide bonds. The highest BCUT2D eigenvalue weighted by atomic mass is 16.6. The number of hydrogen-bond donors (Lipinski definition) is 0. The number of esters is 3. The van der Waals surface area contributed by atoms with Crippen molar-refractivity contribution in [2.75, 3.05) is 13.2 Å². The molecule has 0 spiro atoms. The van der Waals surface area contributed by atoms with Gasteiger partial charge in [0, 0.05) is 19.3 Å². The van der Waals surface area contributed by atoms with Crippen molar-refractivity contribution in [3.8, 4) is 0 Å². The van der Waals surface area contributed by atoms with E-state index in [2.05, 4.69) is 27.7 Å². The molecule has 0 heterocycles. The Kier molecular flexibility index (Phi) is 42.3. The van der Waals surface area contributed by atoms with Crippen LogP contribution in [0.2, 0.25) is 0 Å². The first kappa shape index (κ1) is 53.4. The molecular formula is C49H94O6. The van der Waals surface area contributed by atoms with Crippen LogP contribution < -0.4 is 0 Å². The normalized spacial score (nSPS) is 12.4. The van der Waals surface area contributed by atoms with Crippen LogP contribution in [0, 0.1) is 5.92 Å². The summed E-state index contributed by atoms with van der Waals surface area (Å²) in [6.45, 7) is 9.02. The van der Waals surface area contributed by atoms with Gasteiger partial charge in [0.1, 0.15) is 13.2 Å². The van der Waals surface area contributed by atoms with Gasteiger partial charge in [0.05, 0.1) is 0 Å². The van der Waals surface area contributed by atoms with Crippen LogP contribution in [-0.2, 0) is 28.6 Å². The Hall–Kier alpha value is -1.59. The number of ether oxygens (including phenoxy) is 3. The van der Waals surface area contributed by atoms with Gasteiger partial charge in [-0.2, -0.15) is 0 Å². The molecule has 326 valence electrons. The fraction of sp³-hybridized carbons (Fsp3) is 0.939. The van der Waals surface area contributed by atoms with Crippen molar-refractivity contribution in [3.63, 3.8) is 0 Å². The molecule has 0 N–H and O–H groups in total. The average Bonchev–Trinajstić information content (AvgIpc) is 3.18. The van der Waals surface area contributed by atoms with Crippen LogP contribution in [0.25, 0.3) is 0 Å². The third-order valence-electron chi connectivity index (χ3n) is 11.4. The zero-order chi connectivity index (χ0) is 40.3. The Morgan fingerprint density at radius 2 is 0.636 bits per heavy atom. The van der Waals surface area contributed by atoms with Crippen molar-refractivity contribution in [2.24, 2.45) is 5.92 Å². The molecule has 0 saturated heterocycles. The first-order valence-electron chi connectivity index (χ1n) is 24.4. The molecule has 0 aliphatic heterocycles. The Labute approximate surface area is 342 Å². The lowest BCUT2D eigenvalue weighted by Gasteiger charge is -2.18. The third kappa shape index (κ3) is 41.9. The highest BCUT2D eigenvalue weighted by Crippen LogP contribution is 2.17. The van der Waals surface area contributed by atoms with Crippen molar-refractivity contribution in [2.45, 2.75) is 278 Å². The Morgan fingerprint density at radius 1 is 0.364 bits per heavy atom. The minimum atomic E-state index is -0.759. The van der Waals surface area contributed by atoms with Crippen molar-refractivity contribution in [3.05, 3.63) is 0 Å². The maximum Gasteiger partial charge on any atom is 0.306 e. The van der Waals surface area contributed by atoms with Gasteiger partial charge in [-0.05, 0) is 25.2 Å². The van der Waals surface area contributed by atoms with E-state index in [1.54, 1.807) is 0 Å². The number of rotatable bonds is 44. The summed E-state index contributed by atoms with van der Waals surface area (Å²) in [6.07, 6.45) is 43.6. The Bertz CT molecular complexity index is 828. The number of unbranched alkanes of at least 4 members (excludes halogenated alkanes) is 30. The van der Waals surface area contributed by atoms with Crippen LogP contribution in [0.1, 0.15) is 272 Å². The molecule has 0 saturated carbocycles. The molecular weight excluding hydrogens is 685 g/mol. The van der Waals surface area contributed by atoms with Crippen LogP contribution in [-0.4, -0.2) is 37.2 Å². The first-order chi connectivity index (χ1) is 26.9. The fourth-order valence-electron chi connectivity index (χ4n) is 7.30. The molecule has 2 atom stereocenters. The molecule has 55 heavy (non-hydrogen) atoms. The molecule has 0 bridgehead atoms. The van der Waals surface area contributed by atoms with Gasteiger partial charge in [0.15, 0.2) is 6.10 Å². The molecule has 0 radical (unpaired) electrons. The molecule has 6 nitrogen and oxygen atoms in total. The smallest absolute Gasteiger partial charge is 0.306 e. The Balaban J connectivity index is 4.30. The first-order valence-corrected chi connectivity index (χ1v) is 24.4. The van der Waals surface area contributed by atoms with Crippen molar-refractivity contribution >= 4 is 17.9 Å². The van der Waals surface area contributed by atoms with Crippen molar-refractivity contribution < 1.29 is 28.6 Å². The molecule has 0 aromatic carbocycles. The molecule has 0 fully saturated rings. The van der Waals surface area contributed by atoms with Crippen molar-refractivity contribution in [1.82, 2.24) is 0 Å². The lowest BCUT2D eigenvalue weighted by atomic mass is 9.99. The largest absolute Gasteiger partial charge is 0.462 e. The summed E-state index contributed by atoms with van der Waals surface area (Å²) >= 11 is 0. The fourth-order valence-corrected chi connectivity index (χ4v) is 7.30. The molecule has 0 aromatic rings. The van der Waals surface area contributed by atoms with E-state index >= 15 is 0 Å². The van der Waals surface area contributed by atoms with Gasteiger partial charge in [-0.25, -0.2) is 0 Å². The lowest BCUT2D eigenvalue weighted by Crippen LogP contribution is -2.30. The van der Waals surface area contributed by atoms with E-state index in [0.29, 0.717) is 19.3 Å². The van der Waals surface area contributed by atoms with E-state index in [-0.39, 0.29) is 31.1 Å². The van der Waals surface area contributed by atoms with Crippen LogP contribution in [0.4, 0.5) is 0 Å². The van der Waals surface area contributed by atoms with E-state index in [1.807, 2.05) is 0 Å². The highest BCUT2D eigenvalue weighted by molar-refractivity contribution is 5.71. The lowest BCUT2D eigenvalue weighted by molar-refractivity contribution is -0.167. The minimum Gasteiger partial charge on any atom is -0.462 e. The second kappa shape index (κ2) is 43.5. The second-order valence-corrected chi connectivity index (χ2v) is 17.0. The summed E-state index contributed by atoms with van der Waals surface area (Å²) in [5.74, 6) is 0.0160. The van der Waals surface area contributed by atoms with Gasteiger partial charge < -0.3 is 14.2 Å². The van der Waals surface area contributed by atoms with Crippen molar-refractivity contribution in [1.29, 1.82) is 0 Å². The molecule has 6 heteroatoms. The molecule has 0 aliphatic rings. The third-order valence-corrected chi connectivity index (χ3v) is 11.4. The standard InChI is InChI=1S/C49H94O6/c1-5-8-10-12-14-16-17-18-19-20-25-29-33-37-41-48(51)54-44-46(43-53-47(50)40-36-32-28-23-15-13-11-9-6-2)55-49(52)42-38-34-30-26-22-21-24-27-31-35-39-45(4)7-3/h45-46H,5-44H2,1-4H3/t45?,46-/m0/s1. The highest BCUT2D eigenvalue weighted by Gasteiger charge is 2.19. The van der Waals surface area contributed by atoms with E-state index in [4.69, 9.17) is 14.2 Å². The second-order valence-electron chi connectivity index (χ2n) is 17.0. The van der Waals surface area contributed by atoms with Gasteiger partial charge >= 0.3 is 17.9 Å². The topological polar surface area (TPSA) is 78.9 Å². The number of hydrogen-bond acceptors (Lipinski definition) is 6. The van der Waals surface area contributed by atoms with Gasteiger partial charge in [0.2, 0.25) is 0 Å². The summed E-state index contributed by atoms with van der Waals surface area (Å²) in [6, 6.07) is 0. The van der Waals surface area contributed by atoms with Crippen LogP contribution in [0.5, 0.6) is 0 Å². The maximum absolute atomic E-state index is 12.7. The SMILES string of the molecule is CCCCCCCCCCCCCCCCC(=O)OC[C@H](COC(=O)CCCCCCCCCCC)OC(=O)CCCCCCCCCCCCC(C)CC. The Morgan fingerprint density at radius 3 is 0.945 bits per heavy atom. The minimum absolute atomic E-state index is 0.0634. The average molecular weight is 779 g/mol. The summed E-state index contributed by atoms with van der Waals surface area (Å²) in [5.41, 5.74) is 0. The van der Waals surface area contributed by atoms with Gasteiger partial charge in [-0.1, -0.05) is 233 Å². The summed E-state index contributed by atoms with van der Waals surface area (Å²) < 4.78 is 16.7. The predicted octanol–water partition coefficient (Wildman–Crippen LogP) is 15.5. The number of carbonyl (C=O) groups excluding carboxylic acids is 3. The maximum atomic E-state index is 12.7. The van der Waals surface area contributed by atoms with Gasteiger partial charge in [0.25, 0.3) is 0 Å². The van der Waals surface area contributed by atoms with Crippen LogP contribution >= 0.6 is 0 Å². The monoisotopic (exact) mass is 779 g/mol. The molecule has 0 rings (SSSR count). The van der Waals surface area contributed by atoms with Crippen LogP contribution in [0.15, 0.2) is 0 Å². The quantitative estimate of drug-likeness (QED) is 0.0348. The van der Waals surface area contributed by atoms with E-state index in [9.17, 15) is 14.4 Å². The van der Waals surface area contributed by atoms with E-state index in [1.165, 1.54) is 167 Å². The summed E-state index contributed by atoms with van der Waals surface area (Å²) in [5, 5.41) is 0. The summed E-state index contributed by atoms with van der Waals surface area (Å²) in [4.78, 5) is 37.8. The predicted molar refractivity (Wildman–Crippen MR) is 233 cm³/mol. The van der Waals surface area contributed by atoms with E-state index < -0.39 is 6.10 Å². The molecule has 0 aromatic heterocycles.